The molecule has 3 rings (SSSR count). The Morgan fingerprint density at radius 1 is 1.35 bits per heavy atom. The van der Waals surface area contributed by atoms with Crippen LogP contribution in [0, 0.1) is 5.92 Å². The lowest BCUT2D eigenvalue weighted by Crippen LogP contribution is -2.37. The normalized spacial score (nSPS) is 16.3. The summed E-state index contributed by atoms with van der Waals surface area (Å²) in [7, 11) is 0. The molecule has 0 aliphatic carbocycles. The zero-order valence-electron chi connectivity index (χ0n) is 16.2. The number of nitrogens with zero attached hydrogens (tertiary/aromatic N) is 5. The van der Waals surface area contributed by atoms with Crippen LogP contribution in [-0.2, 0) is 17.9 Å². The number of carbonyl (C=O) groups excluding carboxylic acids is 1. The Bertz CT molecular complexity index is 894. The van der Waals surface area contributed by atoms with Gasteiger partial charge in [-0.2, -0.15) is 13.2 Å². The summed E-state index contributed by atoms with van der Waals surface area (Å²) in [6.07, 6.45) is -1.01. The minimum Gasteiger partial charge on any atom is -0.475 e. The van der Waals surface area contributed by atoms with Gasteiger partial charge in [0, 0.05) is 19.6 Å². The van der Waals surface area contributed by atoms with E-state index >= 15 is 0 Å². The second kappa shape index (κ2) is 10.8. The molecular formula is C17H21ClF3N7O3. The Morgan fingerprint density at radius 2 is 2.06 bits per heavy atom. The maximum atomic E-state index is 10.7. The number of carboxylic acid groups (broad SMARTS) is 1. The molecule has 1 saturated heterocycles. The van der Waals surface area contributed by atoms with E-state index in [4.69, 9.17) is 27.2 Å². The highest BCUT2D eigenvalue weighted by Crippen LogP contribution is 2.23. The summed E-state index contributed by atoms with van der Waals surface area (Å²) in [5.74, 6) is -1.39. The number of carbonyl (C=O) groups is 2. The number of piperidine rings is 1. The Kier molecular flexibility index (Phi) is 8.42. The first-order valence-electron chi connectivity index (χ1n) is 9.14. The fraction of sp³-hybridized carbons (Fsp3) is 0.471. The van der Waals surface area contributed by atoms with E-state index in [0.717, 1.165) is 38.3 Å². The van der Waals surface area contributed by atoms with Crippen molar-refractivity contribution in [1.82, 2.24) is 25.3 Å². The molecule has 1 unspecified atom stereocenters. The summed E-state index contributed by atoms with van der Waals surface area (Å²) < 4.78 is 33.6. The number of nitrogens with two attached hydrogens (primary N) is 1. The summed E-state index contributed by atoms with van der Waals surface area (Å²) in [5.41, 5.74) is 5.74. The number of rotatable bonds is 5. The van der Waals surface area contributed by atoms with Crippen molar-refractivity contribution in [2.75, 3.05) is 18.0 Å². The molecule has 0 spiro atoms. The predicted octanol–water partition coefficient (Wildman–Crippen LogP) is 2.04. The molecule has 0 bridgehead atoms. The van der Waals surface area contributed by atoms with Crippen LogP contribution in [0.1, 0.15) is 18.5 Å². The molecular weight excluding hydrogens is 443 g/mol. The molecule has 2 aromatic heterocycles. The lowest BCUT2D eigenvalue weighted by atomic mass is 9.98. The largest absolute Gasteiger partial charge is 0.490 e. The van der Waals surface area contributed by atoms with E-state index in [1.165, 1.54) is 0 Å². The number of hydrogen-bond acceptors (Lipinski definition) is 6. The van der Waals surface area contributed by atoms with Crippen LogP contribution in [0.15, 0.2) is 24.4 Å². The van der Waals surface area contributed by atoms with Crippen molar-refractivity contribution in [3.05, 3.63) is 35.2 Å². The Morgan fingerprint density at radius 3 is 2.68 bits per heavy atom. The third kappa shape index (κ3) is 8.28. The number of aliphatic carboxylic acids is 1. The minimum atomic E-state index is -5.08. The number of aromatic nitrogens is 4. The Balaban J connectivity index is 0.000000423. The first-order chi connectivity index (χ1) is 14.5. The topological polar surface area (TPSA) is 139 Å². The highest BCUT2D eigenvalue weighted by atomic mass is 35.5. The van der Waals surface area contributed by atoms with Crippen LogP contribution in [-0.4, -0.2) is 56.4 Å². The SMILES string of the molecule is NC(=O)NCc1cn(CC2CCCN(c3cccc(Cl)n3)C2)nn1.O=C(O)C(F)(F)F. The molecule has 0 aromatic carbocycles. The van der Waals surface area contributed by atoms with E-state index in [0.29, 0.717) is 23.3 Å². The van der Waals surface area contributed by atoms with Gasteiger partial charge in [-0.05, 0) is 30.9 Å². The smallest absolute Gasteiger partial charge is 0.475 e. The number of alkyl halides is 3. The molecule has 1 aliphatic heterocycles. The molecule has 10 nitrogen and oxygen atoms in total. The van der Waals surface area contributed by atoms with E-state index in [1.54, 1.807) is 6.07 Å². The summed E-state index contributed by atoms with van der Waals surface area (Å²) in [5, 5.41) is 18.3. The summed E-state index contributed by atoms with van der Waals surface area (Å²) in [6, 6.07) is 5.12. The van der Waals surface area contributed by atoms with Crippen LogP contribution in [0.2, 0.25) is 5.15 Å². The monoisotopic (exact) mass is 463 g/mol. The van der Waals surface area contributed by atoms with E-state index in [9.17, 15) is 18.0 Å². The van der Waals surface area contributed by atoms with Gasteiger partial charge in [-0.15, -0.1) is 5.10 Å². The van der Waals surface area contributed by atoms with Gasteiger partial charge in [0.2, 0.25) is 0 Å². The van der Waals surface area contributed by atoms with Crippen LogP contribution in [0.5, 0.6) is 0 Å². The standard InChI is InChI=1S/C15H20ClN7O.C2HF3O2/c16-13-4-1-5-14(19-13)22-6-2-3-11(8-22)9-23-10-12(20-21-23)7-18-15(17)24;3-2(4,5)1(6)7/h1,4-5,10-11H,2-3,6-9H2,(H3,17,18,24);(H,6,7). The average molecular weight is 464 g/mol. The molecule has 0 radical (unpaired) electrons. The van der Waals surface area contributed by atoms with E-state index < -0.39 is 18.2 Å². The van der Waals surface area contributed by atoms with Gasteiger partial charge in [0.05, 0.1) is 12.7 Å². The molecule has 31 heavy (non-hydrogen) atoms. The number of primary amides is 1. The summed E-state index contributed by atoms with van der Waals surface area (Å²) in [4.78, 5) is 26.3. The third-order valence-electron chi connectivity index (χ3n) is 4.26. The molecule has 2 aromatic rings. The van der Waals surface area contributed by atoms with E-state index in [2.05, 4.69) is 25.5 Å². The van der Waals surface area contributed by atoms with Crippen LogP contribution < -0.4 is 16.0 Å². The van der Waals surface area contributed by atoms with Crippen molar-refractivity contribution in [3.8, 4) is 0 Å². The van der Waals surface area contributed by atoms with Gasteiger partial charge in [-0.1, -0.05) is 22.9 Å². The summed E-state index contributed by atoms with van der Waals surface area (Å²) in [6.45, 7) is 2.95. The maximum absolute atomic E-state index is 10.7. The second-order valence-corrected chi connectivity index (χ2v) is 7.11. The Labute approximate surface area is 180 Å². The molecule has 4 N–H and O–H groups in total. The molecule has 3 heterocycles. The quantitative estimate of drug-likeness (QED) is 0.576. The van der Waals surface area contributed by atoms with Gasteiger partial charge in [0.25, 0.3) is 0 Å². The van der Waals surface area contributed by atoms with E-state index in [-0.39, 0.29) is 0 Å². The molecule has 0 saturated carbocycles. The van der Waals surface area contributed by atoms with Gasteiger partial charge in [-0.25, -0.2) is 14.6 Å². The van der Waals surface area contributed by atoms with Crippen LogP contribution in [0.3, 0.4) is 0 Å². The van der Waals surface area contributed by atoms with Crippen molar-refractivity contribution in [2.24, 2.45) is 11.7 Å². The zero-order chi connectivity index (χ0) is 23.0. The highest BCUT2D eigenvalue weighted by molar-refractivity contribution is 6.29. The number of carboxylic acids is 1. The van der Waals surface area contributed by atoms with Crippen molar-refractivity contribution in [2.45, 2.75) is 32.1 Å². The Hall–Kier alpha value is -3.09. The van der Waals surface area contributed by atoms with Gasteiger partial charge < -0.3 is 21.1 Å². The minimum absolute atomic E-state index is 0.290. The molecule has 2 amide bonds. The first kappa shape index (κ1) is 24.2. The van der Waals surface area contributed by atoms with Crippen LogP contribution in [0.25, 0.3) is 0 Å². The lowest BCUT2D eigenvalue weighted by Gasteiger charge is -2.33. The fourth-order valence-electron chi connectivity index (χ4n) is 2.95. The van der Waals surface area contributed by atoms with Gasteiger partial charge >= 0.3 is 18.2 Å². The van der Waals surface area contributed by atoms with Gasteiger partial charge in [0.1, 0.15) is 16.7 Å². The lowest BCUT2D eigenvalue weighted by molar-refractivity contribution is -0.192. The number of anilines is 1. The molecule has 1 atom stereocenters. The number of nitrogens with one attached hydrogen (secondary N) is 1. The first-order valence-corrected chi connectivity index (χ1v) is 9.52. The van der Waals surface area contributed by atoms with Crippen molar-refractivity contribution in [1.29, 1.82) is 0 Å². The van der Waals surface area contributed by atoms with Crippen LogP contribution in [0.4, 0.5) is 23.8 Å². The molecule has 14 heteroatoms. The van der Waals surface area contributed by atoms with Crippen molar-refractivity contribution >= 4 is 29.4 Å². The van der Waals surface area contributed by atoms with Crippen molar-refractivity contribution in [3.63, 3.8) is 0 Å². The highest BCUT2D eigenvalue weighted by Gasteiger charge is 2.38. The number of pyridine rings is 1. The van der Waals surface area contributed by atoms with E-state index in [1.807, 2.05) is 23.0 Å². The molecule has 170 valence electrons. The number of halogens is 4. The predicted molar refractivity (Wildman–Crippen MR) is 104 cm³/mol. The van der Waals surface area contributed by atoms with Crippen molar-refractivity contribution < 1.29 is 27.9 Å². The second-order valence-electron chi connectivity index (χ2n) is 6.73. The van der Waals surface area contributed by atoms with Crippen LogP contribution >= 0.6 is 11.6 Å². The zero-order valence-corrected chi connectivity index (χ0v) is 17.0. The molecule has 1 fully saturated rings. The summed E-state index contributed by atoms with van der Waals surface area (Å²) >= 11 is 5.99. The van der Waals surface area contributed by atoms with Gasteiger partial charge in [-0.3, -0.25) is 4.68 Å². The number of amides is 2. The third-order valence-corrected chi connectivity index (χ3v) is 4.47. The molecule has 1 aliphatic rings. The van der Waals surface area contributed by atoms with Gasteiger partial charge in [0.15, 0.2) is 0 Å². The fourth-order valence-corrected chi connectivity index (χ4v) is 3.11. The number of urea groups is 1. The number of hydrogen-bond donors (Lipinski definition) is 3. The average Bonchev–Trinajstić information content (AvgIpc) is 3.14. The maximum Gasteiger partial charge on any atom is 0.490 e.